The quantitative estimate of drug-likeness (QED) is 0.456. The van der Waals surface area contributed by atoms with Crippen LogP contribution in [0.2, 0.25) is 19.6 Å². The molecule has 0 amide bonds. The predicted molar refractivity (Wildman–Crippen MR) is 67.8 cm³/mol. The number of hydrogen-bond acceptors (Lipinski definition) is 3. The van der Waals surface area contributed by atoms with Crippen LogP contribution in [0.3, 0.4) is 0 Å². The van der Waals surface area contributed by atoms with Gasteiger partial charge in [-0.3, -0.25) is 0 Å². The Morgan fingerprint density at radius 1 is 1.25 bits per heavy atom. The Kier molecular flexibility index (Phi) is 3.86. The van der Waals surface area contributed by atoms with Gasteiger partial charge >= 0.3 is 0 Å². The van der Waals surface area contributed by atoms with Gasteiger partial charge < -0.3 is 4.53 Å². The maximum Gasteiger partial charge on any atom is 0.278 e. The van der Waals surface area contributed by atoms with Gasteiger partial charge in [0.1, 0.15) is 0 Å². The molecule has 1 aromatic rings. The summed E-state index contributed by atoms with van der Waals surface area (Å²) in [6, 6.07) is 9.41. The average Bonchev–Trinajstić information content (AvgIpc) is 2.25. The number of nitrogens with zero attached hydrogens (tertiary/aromatic N) is 2. The van der Waals surface area contributed by atoms with Gasteiger partial charge in [-0.05, 0) is 44.3 Å². The lowest BCUT2D eigenvalue weighted by Gasteiger charge is -2.13. The molecule has 0 aliphatic heterocycles. The van der Waals surface area contributed by atoms with Crippen molar-refractivity contribution in [1.82, 2.24) is 0 Å². The van der Waals surface area contributed by atoms with Crippen molar-refractivity contribution in [2.75, 3.05) is 0 Å². The molecule has 0 unspecified atom stereocenters. The molecule has 4 heteroatoms. The van der Waals surface area contributed by atoms with Crippen molar-refractivity contribution in [3.8, 4) is 6.07 Å². The van der Waals surface area contributed by atoms with E-state index in [2.05, 4.69) is 30.9 Å². The van der Waals surface area contributed by atoms with E-state index in [1.165, 1.54) is 0 Å². The Morgan fingerprint density at radius 2 is 1.81 bits per heavy atom. The van der Waals surface area contributed by atoms with Crippen molar-refractivity contribution in [2.45, 2.75) is 26.6 Å². The topological polar surface area (TPSA) is 45.4 Å². The molecule has 0 aromatic heterocycles. The van der Waals surface area contributed by atoms with Crippen LogP contribution in [0.15, 0.2) is 29.4 Å². The van der Waals surface area contributed by atoms with E-state index in [1.807, 2.05) is 19.1 Å². The minimum Gasteiger partial charge on any atom is -0.455 e. The lowest BCUT2D eigenvalue weighted by atomic mass is 10.1. The number of nitriles is 1. The summed E-state index contributed by atoms with van der Waals surface area (Å²) in [6.07, 6.45) is 0. The Morgan fingerprint density at radius 3 is 2.25 bits per heavy atom. The molecule has 0 atom stereocenters. The van der Waals surface area contributed by atoms with Crippen molar-refractivity contribution < 1.29 is 4.53 Å². The van der Waals surface area contributed by atoms with E-state index in [1.54, 1.807) is 12.1 Å². The smallest absolute Gasteiger partial charge is 0.278 e. The van der Waals surface area contributed by atoms with Crippen molar-refractivity contribution >= 4 is 14.0 Å². The molecule has 1 rings (SSSR count). The van der Waals surface area contributed by atoms with E-state index in [0.717, 1.165) is 11.3 Å². The fraction of sp³-hybridized carbons (Fsp3) is 0.333. The minimum absolute atomic E-state index is 0.655. The molecular weight excluding hydrogens is 216 g/mol. The Hall–Kier alpha value is -1.60. The Balaban J connectivity index is 2.81. The van der Waals surface area contributed by atoms with Crippen LogP contribution in [0.5, 0.6) is 0 Å². The lowest BCUT2D eigenvalue weighted by Crippen LogP contribution is -2.22. The second-order valence-electron chi connectivity index (χ2n) is 4.57. The minimum atomic E-state index is -1.61. The highest BCUT2D eigenvalue weighted by molar-refractivity contribution is 6.69. The molecule has 1 aromatic carbocycles. The van der Waals surface area contributed by atoms with E-state index in [-0.39, 0.29) is 0 Å². The molecule has 0 saturated carbocycles. The summed E-state index contributed by atoms with van der Waals surface area (Å²) in [5.41, 5.74) is 2.48. The van der Waals surface area contributed by atoms with Gasteiger partial charge in [0.15, 0.2) is 0 Å². The molecule has 0 radical (unpaired) electrons. The molecule has 0 aliphatic carbocycles. The first kappa shape index (κ1) is 12.5. The highest BCUT2D eigenvalue weighted by Gasteiger charge is 2.15. The van der Waals surface area contributed by atoms with Crippen LogP contribution in [-0.4, -0.2) is 14.0 Å². The van der Waals surface area contributed by atoms with Crippen molar-refractivity contribution in [3.05, 3.63) is 35.4 Å². The van der Waals surface area contributed by atoms with E-state index in [0.29, 0.717) is 5.56 Å². The SMILES string of the molecule is C/C(=N\O[Si](C)(C)C)c1ccc(C#N)cc1. The summed E-state index contributed by atoms with van der Waals surface area (Å²) in [6.45, 7) is 8.16. The maximum atomic E-state index is 8.68. The summed E-state index contributed by atoms with van der Waals surface area (Å²) < 4.78 is 5.46. The molecular formula is C12H16N2OSi. The van der Waals surface area contributed by atoms with Crippen LogP contribution in [0, 0.1) is 11.3 Å². The van der Waals surface area contributed by atoms with Gasteiger partial charge in [-0.2, -0.15) is 5.26 Å². The van der Waals surface area contributed by atoms with E-state index in [4.69, 9.17) is 9.79 Å². The van der Waals surface area contributed by atoms with Crippen LogP contribution < -0.4 is 0 Å². The fourth-order valence-corrected chi connectivity index (χ4v) is 1.45. The fourth-order valence-electron chi connectivity index (χ4n) is 1.04. The summed E-state index contributed by atoms with van der Waals surface area (Å²) in [5.74, 6) is 0. The highest BCUT2D eigenvalue weighted by atomic mass is 28.4. The summed E-state index contributed by atoms with van der Waals surface area (Å²) in [4.78, 5) is 0. The normalized spacial score (nSPS) is 12.1. The molecule has 16 heavy (non-hydrogen) atoms. The first-order valence-corrected chi connectivity index (χ1v) is 8.56. The van der Waals surface area contributed by atoms with Gasteiger partial charge in [-0.1, -0.05) is 12.1 Å². The zero-order valence-electron chi connectivity index (χ0n) is 10.1. The Labute approximate surface area is 97.5 Å². The monoisotopic (exact) mass is 232 g/mol. The molecule has 0 aliphatic rings. The first-order valence-electron chi connectivity index (χ1n) is 5.16. The second kappa shape index (κ2) is 4.95. The number of benzene rings is 1. The third-order valence-electron chi connectivity index (χ3n) is 1.89. The predicted octanol–water partition coefficient (Wildman–Crippen LogP) is 3.13. The number of rotatable bonds is 3. The van der Waals surface area contributed by atoms with E-state index in [9.17, 15) is 0 Å². The maximum absolute atomic E-state index is 8.68. The zero-order valence-corrected chi connectivity index (χ0v) is 11.1. The highest BCUT2D eigenvalue weighted by Crippen LogP contribution is 2.08. The standard InChI is InChI=1S/C12H16N2OSi/c1-10(14-15-16(2,3)4)12-7-5-11(9-13)6-8-12/h5-8H,1-4H3/b14-10+. The average molecular weight is 232 g/mol. The third kappa shape index (κ3) is 3.87. The third-order valence-corrected chi connectivity index (χ3v) is 2.53. The summed E-state index contributed by atoms with van der Waals surface area (Å²) >= 11 is 0. The lowest BCUT2D eigenvalue weighted by molar-refractivity contribution is 0.335. The van der Waals surface area contributed by atoms with Crippen molar-refractivity contribution in [3.63, 3.8) is 0 Å². The van der Waals surface area contributed by atoms with Crippen LogP contribution in [0.1, 0.15) is 18.1 Å². The molecule has 3 nitrogen and oxygen atoms in total. The van der Waals surface area contributed by atoms with Crippen molar-refractivity contribution in [1.29, 1.82) is 5.26 Å². The van der Waals surface area contributed by atoms with Crippen molar-refractivity contribution in [2.24, 2.45) is 5.16 Å². The molecule has 0 N–H and O–H groups in total. The number of oxime groups is 1. The van der Waals surface area contributed by atoms with Gasteiger partial charge in [0.05, 0.1) is 17.3 Å². The van der Waals surface area contributed by atoms with E-state index >= 15 is 0 Å². The zero-order chi connectivity index (χ0) is 12.2. The van der Waals surface area contributed by atoms with Crippen LogP contribution in [0.25, 0.3) is 0 Å². The van der Waals surface area contributed by atoms with Gasteiger partial charge in [0.2, 0.25) is 0 Å². The van der Waals surface area contributed by atoms with Crippen LogP contribution >= 0.6 is 0 Å². The molecule has 0 heterocycles. The molecule has 0 bridgehead atoms. The van der Waals surface area contributed by atoms with Gasteiger partial charge in [-0.25, -0.2) is 0 Å². The van der Waals surface area contributed by atoms with Gasteiger partial charge in [-0.15, -0.1) is 5.16 Å². The first-order chi connectivity index (χ1) is 7.42. The van der Waals surface area contributed by atoms with E-state index < -0.39 is 8.32 Å². The Bertz CT molecular complexity index is 424. The van der Waals surface area contributed by atoms with Crippen LogP contribution in [0.4, 0.5) is 0 Å². The van der Waals surface area contributed by atoms with Gasteiger partial charge in [0, 0.05) is 0 Å². The molecule has 0 saturated heterocycles. The molecule has 0 fully saturated rings. The van der Waals surface area contributed by atoms with Crippen LogP contribution in [-0.2, 0) is 4.53 Å². The van der Waals surface area contributed by atoms with Gasteiger partial charge in [0.25, 0.3) is 8.32 Å². The molecule has 84 valence electrons. The summed E-state index contributed by atoms with van der Waals surface area (Å²) in [7, 11) is -1.61. The largest absolute Gasteiger partial charge is 0.455 e. The molecule has 0 spiro atoms. The number of hydrogen-bond donors (Lipinski definition) is 0. The second-order valence-corrected chi connectivity index (χ2v) is 8.98. The summed E-state index contributed by atoms with van der Waals surface area (Å²) in [5, 5.41) is 12.8.